The maximum Gasteiger partial charge on any atom is 0.0407 e. The second-order valence-electron chi connectivity index (χ2n) is 3.64. The van der Waals surface area contributed by atoms with Gasteiger partial charge in [-0.05, 0) is 36.1 Å². The van der Waals surface area contributed by atoms with Gasteiger partial charge in [-0.2, -0.15) is 0 Å². The maximum atomic E-state index is 8.48. The van der Waals surface area contributed by atoms with Gasteiger partial charge in [0.2, 0.25) is 0 Å². The molecule has 0 fully saturated rings. The van der Waals surface area contributed by atoms with Crippen molar-refractivity contribution < 1.29 is 0 Å². The number of nitrogens with zero attached hydrogens (tertiary/aromatic N) is 4. The molecule has 0 aliphatic carbocycles. The van der Waals surface area contributed by atoms with Crippen LogP contribution in [0.4, 0.5) is 5.69 Å². The first-order chi connectivity index (χ1) is 8.40. The third-order valence-electron chi connectivity index (χ3n) is 2.52. The third-order valence-corrected chi connectivity index (χ3v) is 2.52. The van der Waals surface area contributed by atoms with E-state index in [2.05, 4.69) is 15.0 Å². The van der Waals surface area contributed by atoms with Crippen LogP contribution in [-0.2, 0) is 12.8 Å². The van der Waals surface area contributed by atoms with Crippen LogP contribution in [0, 0.1) is 0 Å². The van der Waals surface area contributed by atoms with E-state index in [9.17, 15) is 0 Å². The fourth-order valence-electron chi connectivity index (χ4n) is 1.68. The Morgan fingerprint density at radius 1 is 1.06 bits per heavy atom. The predicted octanol–water partition coefficient (Wildman–Crippen LogP) is 3.81. The van der Waals surface area contributed by atoms with Gasteiger partial charge in [0, 0.05) is 22.5 Å². The van der Waals surface area contributed by atoms with Crippen LogP contribution in [-0.4, -0.2) is 4.98 Å². The largest absolute Gasteiger partial charge is 0.261 e. The van der Waals surface area contributed by atoms with Crippen molar-refractivity contribution in [2.75, 3.05) is 0 Å². The number of hydrogen-bond acceptors (Lipinski definition) is 2. The first kappa shape index (κ1) is 11.2. The number of azide groups is 1. The SMILES string of the molecule is [N-]=[N+]=Nc1ccccc1CCc1ccccn1. The minimum absolute atomic E-state index is 0.700. The van der Waals surface area contributed by atoms with E-state index in [4.69, 9.17) is 5.53 Å². The van der Waals surface area contributed by atoms with Crippen molar-refractivity contribution in [3.8, 4) is 0 Å². The van der Waals surface area contributed by atoms with Crippen LogP contribution in [0.5, 0.6) is 0 Å². The normalized spacial score (nSPS) is 9.65. The Morgan fingerprint density at radius 2 is 1.88 bits per heavy atom. The standard InChI is InChI=1S/C13H12N4/c14-17-16-13-7-2-1-5-11(13)8-9-12-6-3-4-10-15-12/h1-7,10H,8-9H2. The molecule has 17 heavy (non-hydrogen) atoms. The van der Waals surface area contributed by atoms with E-state index in [-0.39, 0.29) is 0 Å². The highest BCUT2D eigenvalue weighted by atomic mass is 15.1. The molecule has 0 amide bonds. The molecular weight excluding hydrogens is 212 g/mol. The van der Waals surface area contributed by atoms with Gasteiger partial charge in [0.15, 0.2) is 0 Å². The van der Waals surface area contributed by atoms with Crippen molar-refractivity contribution in [1.82, 2.24) is 4.98 Å². The zero-order chi connectivity index (χ0) is 11.9. The van der Waals surface area contributed by atoms with Crippen LogP contribution in [0.15, 0.2) is 53.8 Å². The highest BCUT2D eigenvalue weighted by molar-refractivity contribution is 5.45. The zero-order valence-electron chi connectivity index (χ0n) is 9.32. The summed E-state index contributed by atoms with van der Waals surface area (Å²) in [5, 5.41) is 3.68. The summed E-state index contributed by atoms with van der Waals surface area (Å²) in [4.78, 5) is 7.10. The molecule has 84 valence electrons. The van der Waals surface area contributed by atoms with Crippen LogP contribution in [0.25, 0.3) is 10.4 Å². The lowest BCUT2D eigenvalue weighted by atomic mass is 10.1. The quantitative estimate of drug-likeness (QED) is 0.442. The molecule has 0 radical (unpaired) electrons. The van der Waals surface area contributed by atoms with Gasteiger partial charge in [-0.15, -0.1) is 0 Å². The van der Waals surface area contributed by atoms with Crippen LogP contribution < -0.4 is 0 Å². The molecular formula is C13H12N4. The van der Waals surface area contributed by atoms with Crippen LogP contribution in [0.2, 0.25) is 0 Å². The molecule has 1 heterocycles. The Morgan fingerprint density at radius 3 is 2.65 bits per heavy atom. The lowest BCUT2D eigenvalue weighted by molar-refractivity contribution is 0.913. The number of hydrogen-bond donors (Lipinski definition) is 0. The lowest BCUT2D eigenvalue weighted by Gasteiger charge is -2.04. The number of rotatable bonds is 4. The Labute approximate surface area is 99.6 Å². The van der Waals surface area contributed by atoms with Crippen molar-refractivity contribution in [1.29, 1.82) is 0 Å². The molecule has 0 atom stereocenters. The van der Waals surface area contributed by atoms with E-state index >= 15 is 0 Å². The molecule has 0 saturated heterocycles. The molecule has 4 heteroatoms. The Kier molecular flexibility index (Phi) is 3.73. The van der Waals surface area contributed by atoms with Gasteiger partial charge in [-0.3, -0.25) is 4.98 Å². The monoisotopic (exact) mass is 224 g/mol. The maximum absolute atomic E-state index is 8.48. The summed E-state index contributed by atoms with van der Waals surface area (Å²) in [5.74, 6) is 0. The van der Waals surface area contributed by atoms with Gasteiger partial charge < -0.3 is 0 Å². The van der Waals surface area contributed by atoms with Crippen molar-refractivity contribution in [3.63, 3.8) is 0 Å². The molecule has 0 saturated carbocycles. The zero-order valence-corrected chi connectivity index (χ0v) is 9.32. The predicted molar refractivity (Wildman–Crippen MR) is 66.9 cm³/mol. The summed E-state index contributed by atoms with van der Waals surface area (Å²) in [5.41, 5.74) is 11.3. The average molecular weight is 224 g/mol. The third kappa shape index (κ3) is 3.06. The summed E-state index contributed by atoms with van der Waals surface area (Å²) in [7, 11) is 0. The van der Waals surface area contributed by atoms with Gasteiger partial charge in [0.1, 0.15) is 0 Å². The molecule has 0 N–H and O–H groups in total. The van der Waals surface area contributed by atoms with E-state index in [0.717, 1.165) is 24.1 Å². The van der Waals surface area contributed by atoms with Gasteiger partial charge in [-0.1, -0.05) is 35.4 Å². The summed E-state index contributed by atoms with van der Waals surface area (Å²) >= 11 is 0. The minimum atomic E-state index is 0.700. The number of benzene rings is 1. The van der Waals surface area contributed by atoms with E-state index in [1.54, 1.807) is 6.20 Å². The molecule has 1 aromatic carbocycles. The first-order valence-corrected chi connectivity index (χ1v) is 5.43. The van der Waals surface area contributed by atoms with Crippen molar-refractivity contribution >= 4 is 5.69 Å². The Bertz CT molecular complexity index is 530. The minimum Gasteiger partial charge on any atom is -0.261 e. The number of aromatic nitrogens is 1. The average Bonchev–Trinajstić information content (AvgIpc) is 2.39. The van der Waals surface area contributed by atoms with E-state index in [1.807, 2.05) is 42.5 Å². The summed E-state index contributed by atoms with van der Waals surface area (Å²) in [6, 6.07) is 13.5. The summed E-state index contributed by atoms with van der Waals surface area (Å²) in [6.07, 6.45) is 3.46. The molecule has 2 rings (SSSR count). The molecule has 0 spiro atoms. The Balaban J connectivity index is 2.11. The fraction of sp³-hybridized carbons (Fsp3) is 0.154. The van der Waals surface area contributed by atoms with Crippen molar-refractivity contribution in [2.24, 2.45) is 5.11 Å². The van der Waals surface area contributed by atoms with E-state index < -0.39 is 0 Å². The lowest BCUT2D eigenvalue weighted by Crippen LogP contribution is -1.93. The molecule has 1 aromatic heterocycles. The number of pyridine rings is 1. The van der Waals surface area contributed by atoms with Crippen molar-refractivity contribution in [3.05, 3.63) is 70.4 Å². The van der Waals surface area contributed by atoms with Crippen LogP contribution >= 0.6 is 0 Å². The molecule has 0 aliphatic heterocycles. The molecule has 0 aliphatic rings. The highest BCUT2D eigenvalue weighted by Gasteiger charge is 2.00. The smallest absolute Gasteiger partial charge is 0.0407 e. The van der Waals surface area contributed by atoms with Gasteiger partial charge >= 0.3 is 0 Å². The molecule has 2 aromatic rings. The van der Waals surface area contributed by atoms with Gasteiger partial charge in [-0.25, -0.2) is 0 Å². The van der Waals surface area contributed by atoms with Crippen molar-refractivity contribution in [2.45, 2.75) is 12.8 Å². The summed E-state index contributed by atoms with van der Waals surface area (Å²) in [6.45, 7) is 0. The topological polar surface area (TPSA) is 61.7 Å². The fourth-order valence-corrected chi connectivity index (χ4v) is 1.68. The highest BCUT2D eigenvalue weighted by Crippen LogP contribution is 2.20. The second-order valence-corrected chi connectivity index (χ2v) is 3.64. The summed E-state index contributed by atoms with van der Waals surface area (Å²) < 4.78 is 0. The van der Waals surface area contributed by atoms with E-state index in [0.29, 0.717) is 5.69 Å². The first-order valence-electron chi connectivity index (χ1n) is 5.43. The number of aryl methyl sites for hydroxylation is 2. The van der Waals surface area contributed by atoms with Gasteiger partial charge in [0.05, 0.1) is 0 Å². The second kappa shape index (κ2) is 5.68. The van der Waals surface area contributed by atoms with Gasteiger partial charge in [0.25, 0.3) is 0 Å². The van der Waals surface area contributed by atoms with E-state index in [1.165, 1.54) is 0 Å². The van der Waals surface area contributed by atoms with Crippen LogP contribution in [0.3, 0.4) is 0 Å². The molecule has 0 unspecified atom stereocenters. The molecule has 4 nitrogen and oxygen atoms in total. The van der Waals surface area contributed by atoms with Crippen LogP contribution in [0.1, 0.15) is 11.3 Å². The molecule has 0 bridgehead atoms. The Hall–Kier alpha value is -2.32.